The molecule has 1 fully saturated rings. The van der Waals surface area contributed by atoms with Crippen molar-refractivity contribution in [2.45, 2.75) is 44.3 Å². The van der Waals surface area contributed by atoms with Gasteiger partial charge in [0.15, 0.2) is 0 Å². The van der Waals surface area contributed by atoms with Crippen molar-refractivity contribution in [3.05, 3.63) is 53.9 Å². The second-order valence-corrected chi connectivity index (χ2v) is 5.66. The van der Waals surface area contributed by atoms with E-state index in [1.165, 1.54) is 30.5 Å². The first kappa shape index (κ1) is 13.4. The molecule has 1 unspecified atom stereocenters. The van der Waals surface area contributed by atoms with Crippen LogP contribution in [0.4, 0.5) is 0 Å². The molecule has 1 aliphatic carbocycles. The van der Waals surface area contributed by atoms with Gasteiger partial charge in [-0.25, -0.2) is 0 Å². The van der Waals surface area contributed by atoms with Crippen LogP contribution in [0.25, 0.3) is 0 Å². The van der Waals surface area contributed by atoms with E-state index in [0.29, 0.717) is 12.0 Å². The maximum Gasteiger partial charge on any atom is 0.0720 e. The van der Waals surface area contributed by atoms with Gasteiger partial charge in [-0.3, -0.25) is 4.68 Å². The lowest BCUT2D eigenvalue weighted by Crippen LogP contribution is -2.23. The molecule has 3 nitrogen and oxygen atoms in total. The van der Waals surface area contributed by atoms with Crippen molar-refractivity contribution in [3.63, 3.8) is 0 Å². The van der Waals surface area contributed by atoms with Gasteiger partial charge in [-0.15, -0.1) is 0 Å². The fraction of sp³-hybridized carbons (Fsp3) is 0.471. The van der Waals surface area contributed by atoms with Crippen LogP contribution in [-0.2, 0) is 18.4 Å². The highest BCUT2D eigenvalue weighted by atomic mass is 16.5. The van der Waals surface area contributed by atoms with Crippen LogP contribution in [0.3, 0.4) is 0 Å². The molecule has 1 aliphatic rings. The Morgan fingerprint density at radius 1 is 1.20 bits per heavy atom. The minimum atomic E-state index is 0.379. The molecule has 3 rings (SSSR count). The van der Waals surface area contributed by atoms with Crippen LogP contribution in [-0.4, -0.2) is 15.9 Å². The van der Waals surface area contributed by atoms with E-state index in [9.17, 15) is 0 Å². The normalized spacial score (nSPS) is 22.9. The Hall–Kier alpha value is -1.61. The maximum atomic E-state index is 6.11. The summed E-state index contributed by atoms with van der Waals surface area (Å²) >= 11 is 0. The van der Waals surface area contributed by atoms with Gasteiger partial charge in [0, 0.05) is 24.9 Å². The third kappa shape index (κ3) is 3.10. The molecular formula is C17H22N2O. The Bertz CT molecular complexity index is 535. The van der Waals surface area contributed by atoms with Gasteiger partial charge in [0.1, 0.15) is 0 Å². The number of aryl methyl sites for hydroxylation is 1. The minimum Gasteiger partial charge on any atom is -0.374 e. The minimum absolute atomic E-state index is 0.379. The summed E-state index contributed by atoms with van der Waals surface area (Å²) in [6.07, 6.45) is 7.07. The van der Waals surface area contributed by atoms with E-state index in [1.807, 2.05) is 24.0 Å². The molecule has 0 bridgehead atoms. The molecule has 2 aromatic rings. The molecule has 2 atom stereocenters. The van der Waals surface area contributed by atoms with Gasteiger partial charge in [-0.2, -0.15) is 5.10 Å². The SMILES string of the molecule is Cn1nccc1C1CCC[C@@H](OCc2ccccc2)C1. The average molecular weight is 270 g/mol. The molecule has 1 saturated carbocycles. The van der Waals surface area contributed by atoms with E-state index in [1.54, 1.807) is 0 Å². The van der Waals surface area contributed by atoms with Crippen LogP contribution in [0.15, 0.2) is 42.6 Å². The second kappa shape index (κ2) is 6.23. The molecule has 0 spiro atoms. The van der Waals surface area contributed by atoms with Gasteiger partial charge in [-0.05, 0) is 30.9 Å². The number of rotatable bonds is 4. The number of hydrogen-bond donors (Lipinski definition) is 0. The molecule has 106 valence electrons. The average Bonchev–Trinajstić information content (AvgIpc) is 2.93. The summed E-state index contributed by atoms with van der Waals surface area (Å²) in [5.41, 5.74) is 2.60. The van der Waals surface area contributed by atoms with E-state index in [0.717, 1.165) is 13.0 Å². The van der Waals surface area contributed by atoms with Gasteiger partial charge in [0.2, 0.25) is 0 Å². The number of ether oxygens (including phenoxy) is 1. The van der Waals surface area contributed by atoms with Gasteiger partial charge in [0.05, 0.1) is 12.7 Å². The smallest absolute Gasteiger partial charge is 0.0720 e. The molecule has 0 saturated heterocycles. The van der Waals surface area contributed by atoms with Crippen molar-refractivity contribution < 1.29 is 4.74 Å². The monoisotopic (exact) mass is 270 g/mol. The number of benzene rings is 1. The molecule has 1 aromatic carbocycles. The Morgan fingerprint density at radius 2 is 2.05 bits per heavy atom. The van der Waals surface area contributed by atoms with Gasteiger partial charge in [0.25, 0.3) is 0 Å². The largest absolute Gasteiger partial charge is 0.374 e. The fourth-order valence-corrected chi connectivity index (χ4v) is 3.14. The number of nitrogens with zero attached hydrogens (tertiary/aromatic N) is 2. The summed E-state index contributed by atoms with van der Waals surface area (Å²) in [5, 5.41) is 4.29. The highest BCUT2D eigenvalue weighted by Crippen LogP contribution is 2.34. The van der Waals surface area contributed by atoms with Crippen LogP contribution in [0.2, 0.25) is 0 Å². The molecular weight excluding hydrogens is 248 g/mol. The Morgan fingerprint density at radius 3 is 2.80 bits per heavy atom. The zero-order valence-electron chi connectivity index (χ0n) is 12.0. The lowest BCUT2D eigenvalue weighted by Gasteiger charge is -2.29. The van der Waals surface area contributed by atoms with Crippen LogP contribution >= 0.6 is 0 Å². The fourth-order valence-electron chi connectivity index (χ4n) is 3.14. The highest BCUT2D eigenvalue weighted by molar-refractivity contribution is 5.13. The topological polar surface area (TPSA) is 27.1 Å². The standard InChI is InChI=1S/C17H22N2O/c1-19-17(10-11-18-19)15-8-5-9-16(12-15)20-13-14-6-3-2-4-7-14/h2-4,6-7,10-11,15-16H,5,8-9,12-13H2,1H3/t15?,16-/m1/s1. The van der Waals surface area contributed by atoms with Crippen molar-refractivity contribution in [1.29, 1.82) is 0 Å². The van der Waals surface area contributed by atoms with E-state index >= 15 is 0 Å². The summed E-state index contributed by atoms with van der Waals surface area (Å²) in [6, 6.07) is 12.6. The number of hydrogen-bond acceptors (Lipinski definition) is 2. The lowest BCUT2D eigenvalue weighted by molar-refractivity contribution is 0.0108. The van der Waals surface area contributed by atoms with Crippen LogP contribution in [0.5, 0.6) is 0 Å². The Labute approximate surface area is 120 Å². The first-order valence-corrected chi connectivity index (χ1v) is 7.46. The molecule has 1 heterocycles. The molecule has 3 heteroatoms. The Balaban J connectivity index is 1.57. The van der Waals surface area contributed by atoms with E-state index in [2.05, 4.69) is 35.4 Å². The van der Waals surface area contributed by atoms with Gasteiger partial charge >= 0.3 is 0 Å². The van der Waals surface area contributed by atoms with Crippen molar-refractivity contribution in [2.75, 3.05) is 0 Å². The van der Waals surface area contributed by atoms with Crippen molar-refractivity contribution in [2.24, 2.45) is 7.05 Å². The predicted molar refractivity (Wildman–Crippen MR) is 79.4 cm³/mol. The van der Waals surface area contributed by atoms with Crippen LogP contribution in [0, 0.1) is 0 Å². The van der Waals surface area contributed by atoms with E-state index in [4.69, 9.17) is 4.74 Å². The molecule has 0 amide bonds. The van der Waals surface area contributed by atoms with Crippen LogP contribution < -0.4 is 0 Å². The van der Waals surface area contributed by atoms with Gasteiger partial charge < -0.3 is 4.74 Å². The predicted octanol–water partition coefficient (Wildman–Crippen LogP) is 3.66. The zero-order valence-corrected chi connectivity index (χ0v) is 12.0. The highest BCUT2D eigenvalue weighted by Gasteiger charge is 2.25. The van der Waals surface area contributed by atoms with Crippen LogP contribution in [0.1, 0.15) is 42.9 Å². The summed E-state index contributed by atoms with van der Waals surface area (Å²) in [5.74, 6) is 0.594. The summed E-state index contributed by atoms with van der Waals surface area (Å²) in [4.78, 5) is 0. The second-order valence-electron chi connectivity index (χ2n) is 5.66. The summed E-state index contributed by atoms with van der Waals surface area (Å²) in [7, 11) is 2.03. The molecule has 0 radical (unpaired) electrons. The first-order valence-electron chi connectivity index (χ1n) is 7.46. The summed E-state index contributed by atoms with van der Waals surface area (Å²) in [6.45, 7) is 0.726. The third-order valence-corrected chi connectivity index (χ3v) is 4.23. The van der Waals surface area contributed by atoms with Gasteiger partial charge in [-0.1, -0.05) is 36.8 Å². The first-order chi connectivity index (χ1) is 9.83. The molecule has 20 heavy (non-hydrogen) atoms. The van der Waals surface area contributed by atoms with Crippen molar-refractivity contribution >= 4 is 0 Å². The zero-order chi connectivity index (χ0) is 13.8. The quantitative estimate of drug-likeness (QED) is 0.847. The molecule has 0 aliphatic heterocycles. The third-order valence-electron chi connectivity index (χ3n) is 4.23. The van der Waals surface area contributed by atoms with Crippen molar-refractivity contribution in [1.82, 2.24) is 9.78 Å². The molecule has 0 N–H and O–H groups in total. The number of aromatic nitrogens is 2. The summed E-state index contributed by atoms with van der Waals surface area (Å²) < 4.78 is 8.11. The van der Waals surface area contributed by atoms with E-state index in [-0.39, 0.29) is 0 Å². The lowest BCUT2D eigenvalue weighted by atomic mass is 9.85. The van der Waals surface area contributed by atoms with E-state index < -0.39 is 0 Å². The Kier molecular flexibility index (Phi) is 4.16. The molecule has 1 aromatic heterocycles. The maximum absolute atomic E-state index is 6.11. The van der Waals surface area contributed by atoms with Crippen molar-refractivity contribution in [3.8, 4) is 0 Å².